The maximum atomic E-state index is 10.8. The van der Waals surface area contributed by atoms with Crippen LogP contribution in [0.3, 0.4) is 0 Å². The van der Waals surface area contributed by atoms with Crippen molar-refractivity contribution in [2.24, 2.45) is 0 Å². The maximum absolute atomic E-state index is 10.8. The van der Waals surface area contributed by atoms with E-state index in [-0.39, 0.29) is 17.7 Å². The van der Waals surface area contributed by atoms with Gasteiger partial charge in [-0.3, -0.25) is 0 Å². The number of aromatic carboxylic acids is 1. The first kappa shape index (κ1) is 10.2. The fraction of sp³-hybridized carbons (Fsp3) is 0.600. The van der Waals surface area contributed by atoms with Crippen LogP contribution in [0.5, 0.6) is 0 Å². The van der Waals surface area contributed by atoms with Gasteiger partial charge in [0.15, 0.2) is 5.69 Å². The van der Waals surface area contributed by atoms with Crippen molar-refractivity contribution < 1.29 is 19.1 Å². The molecule has 1 N–H and O–H groups in total. The highest BCUT2D eigenvalue weighted by atomic mass is 16.5. The Morgan fingerprint density at radius 1 is 1.60 bits per heavy atom. The Bertz CT molecular complexity index is 385. The van der Waals surface area contributed by atoms with Crippen molar-refractivity contribution in [3.8, 4) is 0 Å². The van der Waals surface area contributed by atoms with Crippen LogP contribution in [0.1, 0.15) is 41.4 Å². The second-order valence-corrected chi connectivity index (χ2v) is 3.84. The van der Waals surface area contributed by atoms with Crippen LogP contribution in [0.2, 0.25) is 0 Å². The minimum absolute atomic E-state index is 0.00422. The number of carboxylic acid groups (broad SMARTS) is 1. The zero-order chi connectivity index (χ0) is 11.0. The molecule has 0 spiro atoms. The zero-order valence-electron chi connectivity index (χ0n) is 8.69. The molecular formula is C10H13NO4. The normalized spacial score (nSPS) is 25.7. The van der Waals surface area contributed by atoms with Gasteiger partial charge >= 0.3 is 5.97 Å². The number of hydrogen-bond donors (Lipinski definition) is 1. The molecule has 2 atom stereocenters. The largest absolute Gasteiger partial charge is 0.476 e. The highest BCUT2D eigenvalue weighted by molar-refractivity contribution is 5.86. The number of rotatable bonds is 2. The van der Waals surface area contributed by atoms with Gasteiger partial charge in [0, 0.05) is 0 Å². The van der Waals surface area contributed by atoms with Crippen molar-refractivity contribution in [2.45, 2.75) is 32.3 Å². The van der Waals surface area contributed by atoms with Crippen molar-refractivity contribution in [3.05, 3.63) is 17.3 Å². The summed E-state index contributed by atoms with van der Waals surface area (Å²) in [4.78, 5) is 14.7. The fourth-order valence-electron chi connectivity index (χ4n) is 1.78. The molecule has 0 amide bonds. The lowest BCUT2D eigenvalue weighted by Gasteiger charge is -1.99. The third kappa shape index (κ3) is 1.87. The van der Waals surface area contributed by atoms with E-state index in [9.17, 15) is 4.79 Å². The molecule has 1 saturated heterocycles. The van der Waals surface area contributed by atoms with Crippen molar-refractivity contribution in [3.63, 3.8) is 0 Å². The van der Waals surface area contributed by atoms with Gasteiger partial charge in [-0.15, -0.1) is 0 Å². The number of nitrogens with zero attached hydrogens (tertiary/aromatic N) is 1. The molecule has 1 aliphatic heterocycles. The summed E-state index contributed by atoms with van der Waals surface area (Å²) in [6.45, 7) is 4.15. The Balaban J connectivity index is 2.23. The average molecular weight is 211 g/mol. The van der Waals surface area contributed by atoms with E-state index in [1.165, 1.54) is 0 Å². The van der Waals surface area contributed by atoms with Gasteiger partial charge < -0.3 is 14.3 Å². The van der Waals surface area contributed by atoms with Crippen LogP contribution in [0, 0.1) is 6.92 Å². The summed E-state index contributed by atoms with van der Waals surface area (Å²) < 4.78 is 10.7. The van der Waals surface area contributed by atoms with Gasteiger partial charge in [0.1, 0.15) is 5.76 Å². The highest BCUT2D eigenvalue weighted by Crippen LogP contribution is 2.29. The van der Waals surface area contributed by atoms with Crippen LogP contribution in [0.15, 0.2) is 4.42 Å². The smallest absolute Gasteiger partial charge is 0.358 e. The number of aryl methyl sites for hydroxylation is 1. The Morgan fingerprint density at radius 3 is 2.80 bits per heavy atom. The molecule has 2 unspecified atom stereocenters. The van der Waals surface area contributed by atoms with E-state index in [0.717, 1.165) is 6.42 Å². The summed E-state index contributed by atoms with van der Waals surface area (Å²) in [5.74, 6) is -0.118. The molecule has 1 fully saturated rings. The SMILES string of the molecule is Cc1oc(C2COC(C)C2)nc1C(=O)O. The number of ether oxygens (including phenoxy) is 1. The Labute approximate surface area is 87.1 Å². The molecule has 2 heterocycles. The predicted molar refractivity (Wildman–Crippen MR) is 51.0 cm³/mol. The molecule has 1 aliphatic rings. The number of aromatic nitrogens is 1. The molecule has 0 aliphatic carbocycles. The van der Waals surface area contributed by atoms with Crippen LogP contribution in [0.4, 0.5) is 0 Å². The Morgan fingerprint density at radius 2 is 2.33 bits per heavy atom. The minimum Gasteiger partial charge on any atom is -0.476 e. The van der Waals surface area contributed by atoms with Crippen LogP contribution >= 0.6 is 0 Å². The maximum Gasteiger partial charge on any atom is 0.358 e. The van der Waals surface area contributed by atoms with E-state index in [2.05, 4.69) is 4.98 Å². The van der Waals surface area contributed by atoms with Gasteiger partial charge in [-0.05, 0) is 20.3 Å². The molecular weight excluding hydrogens is 198 g/mol. The average Bonchev–Trinajstić information content (AvgIpc) is 2.71. The van der Waals surface area contributed by atoms with Crippen LogP contribution in [-0.2, 0) is 4.74 Å². The molecule has 0 radical (unpaired) electrons. The lowest BCUT2D eigenvalue weighted by Crippen LogP contribution is -2.01. The van der Waals surface area contributed by atoms with Gasteiger partial charge in [-0.25, -0.2) is 9.78 Å². The molecule has 0 aromatic carbocycles. The van der Waals surface area contributed by atoms with E-state index >= 15 is 0 Å². The van der Waals surface area contributed by atoms with E-state index in [4.69, 9.17) is 14.3 Å². The number of carboxylic acids is 1. The molecule has 15 heavy (non-hydrogen) atoms. The second kappa shape index (κ2) is 3.66. The monoisotopic (exact) mass is 211 g/mol. The lowest BCUT2D eigenvalue weighted by molar-refractivity contribution is 0.0689. The van der Waals surface area contributed by atoms with E-state index in [1.54, 1.807) is 6.92 Å². The van der Waals surface area contributed by atoms with Crippen molar-refractivity contribution in [2.75, 3.05) is 6.61 Å². The summed E-state index contributed by atoms with van der Waals surface area (Å²) in [5.41, 5.74) is 0.00422. The van der Waals surface area contributed by atoms with Crippen molar-refractivity contribution in [1.82, 2.24) is 4.98 Å². The molecule has 82 valence electrons. The first-order valence-corrected chi connectivity index (χ1v) is 4.90. The zero-order valence-corrected chi connectivity index (χ0v) is 8.69. The molecule has 5 nitrogen and oxygen atoms in total. The van der Waals surface area contributed by atoms with Gasteiger partial charge in [-0.2, -0.15) is 0 Å². The minimum atomic E-state index is -1.05. The third-order valence-corrected chi connectivity index (χ3v) is 2.56. The van der Waals surface area contributed by atoms with Crippen LogP contribution in [-0.4, -0.2) is 28.8 Å². The highest BCUT2D eigenvalue weighted by Gasteiger charge is 2.29. The van der Waals surface area contributed by atoms with Crippen LogP contribution < -0.4 is 0 Å². The predicted octanol–water partition coefficient (Wildman–Crippen LogP) is 1.57. The number of hydrogen-bond acceptors (Lipinski definition) is 4. The molecule has 2 rings (SSSR count). The molecule has 1 aromatic rings. The summed E-state index contributed by atoms with van der Waals surface area (Å²) in [5, 5.41) is 8.82. The van der Waals surface area contributed by atoms with Gasteiger partial charge in [0.05, 0.1) is 18.6 Å². The second-order valence-electron chi connectivity index (χ2n) is 3.84. The van der Waals surface area contributed by atoms with Crippen molar-refractivity contribution >= 4 is 5.97 Å². The Kier molecular flexibility index (Phi) is 2.48. The standard InChI is InChI=1S/C10H13NO4/c1-5-3-7(4-14-5)9-11-8(10(12)13)6(2)15-9/h5,7H,3-4H2,1-2H3,(H,12,13). The van der Waals surface area contributed by atoms with Gasteiger partial charge in [0.2, 0.25) is 5.89 Å². The quantitative estimate of drug-likeness (QED) is 0.803. The van der Waals surface area contributed by atoms with Crippen LogP contribution in [0.25, 0.3) is 0 Å². The van der Waals surface area contributed by atoms with Gasteiger partial charge in [-0.1, -0.05) is 0 Å². The van der Waals surface area contributed by atoms with E-state index in [0.29, 0.717) is 18.3 Å². The summed E-state index contributed by atoms with van der Waals surface area (Å²) in [6, 6.07) is 0. The summed E-state index contributed by atoms with van der Waals surface area (Å²) in [6.07, 6.45) is 1.02. The number of oxazole rings is 1. The summed E-state index contributed by atoms with van der Waals surface area (Å²) in [7, 11) is 0. The first-order valence-electron chi connectivity index (χ1n) is 4.90. The first-order chi connectivity index (χ1) is 7.08. The third-order valence-electron chi connectivity index (χ3n) is 2.56. The molecule has 5 heteroatoms. The fourth-order valence-corrected chi connectivity index (χ4v) is 1.78. The van der Waals surface area contributed by atoms with Gasteiger partial charge in [0.25, 0.3) is 0 Å². The molecule has 0 bridgehead atoms. The van der Waals surface area contributed by atoms with Crippen molar-refractivity contribution in [1.29, 1.82) is 0 Å². The lowest BCUT2D eigenvalue weighted by atomic mass is 10.1. The molecule has 0 saturated carbocycles. The van der Waals surface area contributed by atoms with E-state index < -0.39 is 5.97 Å². The molecule has 1 aromatic heterocycles. The summed E-state index contributed by atoms with van der Waals surface area (Å²) >= 11 is 0. The van der Waals surface area contributed by atoms with E-state index in [1.807, 2.05) is 6.92 Å². The topological polar surface area (TPSA) is 72.6 Å². The Hall–Kier alpha value is -1.36. The number of carbonyl (C=O) groups is 1.